The van der Waals surface area contributed by atoms with E-state index in [2.05, 4.69) is 21.2 Å². The normalized spacial score (nSPS) is 11.8. The molecule has 21 heavy (non-hydrogen) atoms. The van der Waals surface area contributed by atoms with E-state index < -0.39 is 12.0 Å². The second-order valence-electron chi connectivity index (χ2n) is 4.67. The maximum absolute atomic E-state index is 11.6. The number of rotatable bonds is 5. The summed E-state index contributed by atoms with van der Waals surface area (Å²) in [7, 11) is 1.53. The number of methoxy groups -OCH3 is 1. The smallest absolute Gasteiger partial charge is 0.330 e. The summed E-state index contributed by atoms with van der Waals surface area (Å²) in [4.78, 5) is 11.6. The van der Waals surface area contributed by atoms with Gasteiger partial charge in [-0.2, -0.15) is 0 Å². The zero-order chi connectivity index (χ0) is 15.4. The molecule has 0 bridgehead atoms. The first-order valence-corrected chi connectivity index (χ1v) is 7.20. The average Bonchev–Trinajstić information content (AvgIpc) is 2.44. The molecule has 2 aromatic carbocycles. The lowest BCUT2D eigenvalue weighted by Gasteiger charge is -2.19. The third kappa shape index (κ3) is 3.76. The summed E-state index contributed by atoms with van der Waals surface area (Å²) in [5, 5.41) is 12.6. The molecule has 0 fully saturated rings. The van der Waals surface area contributed by atoms with Crippen LogP contribution in [0.5, 0.6) is 5.75 Å². The second-order valence-corrected chi connectivity index (χ2v) is 5.59. The van der Waals surface area contributed by atoms with Crippen LogP contribution in [0.15, 0.2) is 46.9 Å². The van der Waals surface area contributed by atoms with Crippen LogP contribution in [0.1, 0.15) is 17.2 Å². The molecule has 110 valence electrons. The second kappa shape index (κ2) is 6.63. The Kier molecular flexibility index (Phi) is 4.85. The van der Waals surface area contributed by atoms with Crippen molar-refractivity contribution in [3.05, 3.63) is 58.1 Å². The van der Waals surface area contributed by atoms with E-state index in [1.165, 1.54) is 7.11 Å². The van der Waals surface area contributed by atoms with Crippen LogP contribution in [0.3, 0.4) is 0 Å². The van der Waals surface area contributed by atoms with Crippen molar-refractivity contribution in [3.8, 4) is 5.75 Å². The van der Waals surface area contributed by atoms with E-state index >= 15 is 0 Å². The predicted molar refractivity (Wildman–Crippen MR) is 85.9 cm³/mol. The standard InChI is InChI=1S/C16H16BrNO3/c1-10-4-3-5-12(8-10)18-15(16(19)20)13-9-11(17)6-7-14(13)21-2/h3-9,15,18H,1-2H3,(H,19,20). The first-order valence-electron chi connectivity index (χ1n) is 6.40. The van der Waals surface area contributed by atoms with Gasteiger partial charge in [0, 0.05) is 15.7 Å². The minimum atomic E-state index is -0.965. The Morgan fingerprint density at radius 1 is 1.29 bits per heavy atom. The number of carboxylic acid groups (broad SMARTS) is 1. The number of hydrogen-bond donors (Lipinski definition) is 2. The monoisotopic (exact) mass is 349 g/mol. The Balaban J connectivity index is 2.40. The summed E-state index contributed by atoms with van der Waals surface area (Å²) in [5.41, 5.74) is 2.38. The minimum absolute atomic E-state index is 0.533. The molecular formula is C16H16BrNO3. The first kappa shape index (κ1) is 15.4. The average molecular weight is 350 g/mol. The van der Waals surface area contributed by atoms with Crippen molar-refractivity contribution < 1.29 is 14.6 Å². The number of anilines is 1. The van der Waals surface area contributed by atoms with Gasteiger partial charge in [-0.15, -0.1) is 0 Å². The molecule has 1 unspecified atom stereocenters. The van der Waals surface area contributed by atoms with Gasteiger partial charge >= 0.3 is 5.97 Å². The summed E-state index contributed by atoms with van der Waals surface area (Å²) in [6.07, 6.45) is 0. The van der Waals surface area contributed by atoms with Crippen LogP contribution in [0, 0.1) is 6.92 Å². The van der Waals surface area contributed by atoms with E-state index in [4.69, 9.17) is 4.74 Å². The highest BCUT2D eigenvalue weighted by Gasteiger charge is 2.23. The molecule has 0 aliphatic heterocycles. The zero-order valence-electron chi connectivity index (χ0n) is 11.8. The fourth-order valence-electron chi connectivity index (χ4n) is 2.10. The summed E-state index contributed by atoms with van der Waals surface area (Å²) in [5.74, 6) is -0.432. The number of halogens is 1. The van der Waals surface area contributed by atoms with Crippen LogP contribution in [0.25, 0.3) is 0 Å². The third-order valence-electron chi connectivity index (χ3n) is 3.08. The van der Waals surface area contributed by atoms with Crippen molar-refractivity contribution in [2.24, 2.45) is 0 Å². The lowest BCUT2D eigenvalue weighted by molar-refractivity contribution is -0.138. The largest absolute Gasteiger partial charge is 0.496 e. The molecule has 0 aliphatic carbocycles. The van der Waals surface area contributed by atoms with Gasteiger partial charge in [-0.25, -0.2) is 4.79 Å². The van der Waals surface area contributed by atoms with Crippen molar-refractivity contribution in [2.75, 3.05) is 12.4 Å². The zero-order valence-corrected chi connectivity index (χ0v) is 13.3. The Labute approximate surface area is 131 Å². The molecule has 2 aromatic rings. The first-order chi connectivity index (χ1) is 10.0. The lowest BCUT2D eigenvalue weighted by atomic mass is 10.0. The Morgan fingerprint density at radius 2 is 2.05 bits per heavy atom. The number of carboxylic acids is 1. The van der Waals surface area contributed by atoms with Gasteiger partial charge in [0.15, 0.2) is 6.04 Å². The van der Waals surface area contributed by atoms with Crippen molar-refractivity contribution in [3.63, 3.8) is 0 Å². The Hall–Kier alpha value is -2.01. The van der Waals surface area contributed by atoms with E-state index in [-0.39, 0.29) is 0 Å². The van der Waals surface area contributed by atoms with Crippen LogP contribution < -0.4 is 10.1 Å². The van der Waals surface area contributed by atoms with Crippen molar-refractivity contribution in [1.29, 1.82) is 0 Å². The van der Waals surface area contributed by atoms with E-state index in [0.717, 1.165) is 15.7 Å². The molecule has 0 radical (unpaired) electrons. The molecule has 2 rings (SSSR count). The summed E-state index contributed by atoms with van der Waals surface area (Å²) >= 11 is 3.36. The maximum atomic E-state index is 11.6. The van der Waals surface area contributed by atoms with Gasteiger partial charge in [-0.1, -0.05) is 28.1 Å². The number of benzene rings is 2. The van der Waals surface area contributed by atoms with Crippen LogP contribution in [0.4, 0.5) is 5.69 Å². The molecule has 4 nitrogen and oxygen atoms in total. The Morgan fingerprint density at radius 3 is 2.67 bits per heavy atom. The fourth-order valence-corrected chi connectivity index (χ4v) is 2.48. The van der Waals surface area contributed by atoms with Crippen LogP contribution in [-0.2, 0) is 4.79 Å². The lowest BCUT2D eigenvalue weighted by Crippen LogP contribution is -2.21. The SMILES string of the molecule is COc1ccc(Br)cc1C(Nc1cccc(C)c1)C(=O)O. The number of nitrogens with one attached hydrogen (secondary N) is 1. The number of aliphatic carboxylic acids is 1. The molecular weight excluding hydrogens is 334 g/mol. The quantitative estimate of drug-likeness (QED) is 0.856. The Bertz CT molecular complexity index is 658. The fraction of sp³-hybridized carbons (Fsp3) is 0.188. The van der Waals surface area contributed by atoms with Gasteiger partial charge in [0.1, 0.15) is 5.75 Å². The molecule has 0 amide bonds. The predicted octanol–water partition coefficient (Wildman–Crippen LogP) is 4.00. The highest BCUT2D eigenvalue weighted by atomic mass is 79.9. The number of carbonyl (C=O) groups is 1. The van der Waals surface area contributed by atoms with Crippen LogP contribution >= 0.6 is 15.9 Å². The van der Waals surface area contributed by atoms with E-state index in [1.807, 2.05) is 37.3 Å². The molecule has 0 spiro atoms. The van der Waals surface area contributed by atoms with Gasteiger partial charge in [0.05, 0.1) is 7.11 Å². The topological polar surface area (TPSA) is 58.6 Å². The van der Waals surface area contributed by atoms with E-state index in [0.29, 0.717) is 11.3 Å². The van der Waals surface area contributed by atoms with Crippen molar-refractivity contribution in [1.82, 2.24) is 0 Å². The molecule has 0 aromatic heterocycles. The van der Waals surface area contributed by atoms with Gasteiger partial charge < -0.3 is 15.2 Å². The van der Waals surface area contributed by atoms with Crippen molar-refractivity contribution in [2.45, 2.75) is 13.0 Å². The molecule has 0 aliphatic rings. The molecule has 2 N–H and O–H groups in total. The van der Waals surface area contributed by atoms with Gasteiger partial charge in [0.25, 0.3) is 0 Å². The number of aryl methyl sites for hydroxylation is 1. The minimum Gasteiger partial charge on any atom is -0.496 e. The van der Waals surface area contributed by atoms with E-state index in [9.17, 15) is 9.90 Å². The molecule has 1 atom stereocenters. The maximum Gasteiger partial charge on any atom is 0.330 e. The summed E-state index contributed by atoms with van der Waals surface area (Å²) < 4.78 is 6.07. The summed E-state index contributed by atoms with van der Waals surface area (Å²) in [6, 6.07) is 12.0. The summed E-state index contributed by atoms with van der Waals surface area (Å²) in [6.45, 7) is 1.96. The highest BCUT2D eigenvalue weighted by Crippen LogP contribution is 2.31. The van der Waals surface area contributed by atoms with Crippen LogP contribution in [0.2, 0.25) is 0 Å². The van der Waals surface area contributed by atoms with Crippen molar-refractivity contribution >= 4 is 27.6 Å². The number of hydrogen-bond acceptors (Lipinski definition) is 3. The molecule has 0 saturated heterocycles. The van der Waals surface area contributed by atoms with Gasteiger partial charge in [0.2, 0.25) is 0 Å². The molecule has 0 saturated carbocycles. The van der Waals surface area contributed by atoms with Gasteiger partial charge in [-0.3, -0.25) is 0 Å². The third-order valence-corrected chi connectivity index (χ3v) is 3.57. The van der Waals surface area contributed by atoms with Crippen LogP contribution in [-0.4, -0.2) is 18.2 Å². The van der Waals surface area contributed by atoms with Gasteiger partial charge in [-0.05, 0) is 42.8 Å². The highest BCUT2D eigenvalue weighted by molar-refractivity contribution is 9.10. The number of ether oxygens (including phenoxy) is 1. The molecule has 0 heterocycles. The molecule has 5 heteroatoms. The van der Waals surface area contributed by atoms with E-state index in [1.54, 1.807) is 12.1 Å².